The van der Waals surface area contributed by atoms with Crippen LogP contribution in [-0.2, 0) is 4.79 Å². The molecule has 7 heteroatoms. The highest BCUT2D eigenvalue weighted by Crippen LogP contribution is 2.24. The third-order valence-corrected chi connectivity index (χ3v) is 5.12. The Morgan fingerprint density at radius 3 is 2.72 bits per heavy atom. The third kappa shape index (κ3) is 3.75. The first-order chi connectivity index (χ1) is 11.7. The lowest BCUT2D eigenvalue weighted by molar-refractivity contribution is -0.137. The van der Waals surface area contributed by atoms with Crippen molar-refractivity contribution < 1.29 is 9.21 Å². The van der Waals surface area contributed by atoms with E-state index in [9.17, 15) is 4.79 Å². The van der Waals surface area contributed by atoms with Gasteiger partial charge in [0.15, 0.2) is 5.58 Å². The minimum atomic E-state index is 0. The molecule has 136 valence electrons. The van der Waals surface area contributed by atoms with E-state index in [0.29, 0.717) is 18.0 Å². The molecular weight excluding hydrogens is 340 g/mol. The van der Waals surface area contributed by atoms with Crippen molar-refractivity contribution in [3.63, 3.8) is 0 Å². The maximum Gasteiger partial charge on any atom is 0.298 e. The quantitative estimate of drug-likeness (QED) is 0.885. The number of benzene rings is 1. The molecule has 2 aromatic rings. The predicted molar refractivity (Wildman–Crippen MR) is 100 cm³/mol. The number of oxazole rings is 1. The highest BCUT2D eigenvalue weighted by molar-refractivity contribution is 5.85. The van der Waals surface area contributed by atoms with Crippen molar-refractivity contribution in [2.24, 2.45) is 5.92 Å². The fourth-order valence-corrected chi connectivity index (χ4v) is 3.73. The monoisotopic (exact) mass is 364 g/mol. The van der Waals surface area contributed by atoms with E-state index in [0.717, 1.165) is 56.7 Å². The number of amides is 1. The number of nitrogens with zero attached hydrogens (tertiary/aromatic N) is 3. The zero-order valence-corrected chi connectivity index (χ0v) is 15.3. The molecule has 0 unspecified atom stereocenters. The summed E-state index contributed by atoms with van der Waals surface area (Å²) in [6.07, 6.45) is 1.90. The molecule has 25 heavy (non-hydrogen) atoms. The van der Waals surface area contributed by atoms with Gasteiger partial charge in [-0.2, -0.15) is 4.98 Å². The molecule has 0 saturated carbocycles. The minimum absolute atomic E-state index is 0. The Bertz CT molecular complexity index is 694. The summed E-state index contributed by atoms with van der Waals surface area (Å²) in [4.78, 5) is 21.4. The van der Waals surface area contributed by atoms with Gasteiger partial charge >= 0.3 is 0 Å². The Morgan fingerprint density at radius 1 is 1.24 bits per heavy atom. The maximum atomic E-state index is 12.7. The summed E-state index contributed by atoms with van der Waals surface area (Å²) in [5.74, 6) is 0.498. The lowest BCUT2D eigenvalue weighted by Gasteiger charge is -2.37. The molecule has 0 radical (unpaired) electrons. The molecule has 4 rings (SSSR count). The van der Waals surface area contributed by atoms with Crippen LogP contribution in [-0.4, -0.2) is 54.6 Å². The van der Waals surface area contributed by atoms with E-state index in [4.69, 9.17) is 4.42 Å². The number of anilines is 1. The number of carbonyl (C=O) groups is 1. The number of piperazine rings is 1. The van der Waals surface area contributed by atoms with Gasteiger partial charge in [0.25, 0.3) is 6.01 Å². The first kappa shape index (κ1) is 18.0. The summed E-state index contributed by atoms with van der Waals surface area (Å²) in [7, 11) is 0. The number of piperidine rings is 1. The number of carbonyl (C=O) groups excluding carboxylic acids is 1. The van der Waals surface area contributed by atoms with Crippen LogP contribution in [0.15, 0.2) is 28.7 Å². The lowest BCUT2D eigenvalue weighted by atomic mass is 9.92. The van der Waals surface area contributed by atoms with Crippen molar-refractivity contribution in [2.45, 2.75) is 25.8 Å². The average molecular weight is 365 g/mol. The smallest absolute Gasteiger partial charge is 0.298 e. The second-order valence-corrected chi connectivity index (χ2v) is 6.85. The molecule has 1 aromatic carbocycles. The van der Waals surface area contributed by atoms with E-state index in [-0.39, 0.29) is 18.3 Å². The van der Waals surface area contributed by atoms with Gasteiger partial charge in [-0.15, -0.1) is 12.4 Å². The lowest BCUT2D eigenvalue weighted by Crippen LogP contribution is -2.52. The van der Waals surface area contributed by atoms with Gasteiger partial charge in [0, 0.05) is 38.1 Å². The largest absolute Gasteiger partial charge is 0.423 e. The van der Waals surface area contributed by atoms with Crippen LogP contribution in [0.5, 0.6) is 0 Å². The molecule has 1 aromatic heterocycles. The van der Waals surface area contributed by atoms with Gasteiger partial charge in [0.05, 0.1) is 0 Å². The van der Waals surface area contributed by atoms with Gasteiger partial charge in [-0.05, 0) is 38.4 Å². The van der Waals surface area contributed by atoms with E-state index in [1.165, 1.54) is 0 Å². The summed E-state index contributed by atoms with van der Waals surface area (Å²) < 4.78 is 5.84. The third-order valence-electron chi connectivity index (χ3n) is 5.12. The molecule has 0 bridgehead atoms. The number of halogens is 1. The van der Waals surface area contributed by atoms with E-state index in [1.807, 2.05) is 29.2 Å². The molecule has 3 heterocycles. The summed E-state index contributed by atoms with van der Waals surface area (Å²) in [5, 5.41) is 3.41. The molecule has 1 amide bonds. The molecular formula is C18H25ClN4O2. The van der Waals surface area contributed by atoms with Crippen LogP contribution in [0.2, 0.25) is 0 Å². The Kier molecular flexibility index (Phi) is 5.49. The van der Waals surface area contributed by atoms with Gasteiger partial charge in [0.1, 0.15) is 5.52 Å². The standard InChI is InChI=1S/C18H24N4O2.ClH/c1-13-12-14(6-7-19-13)17(23)21-8-10-22(11-9-21)18-20-15-4-2-3-5-16(15)24-18;/h2-5,13-14,19H,6-12H2,1H3;1H/t13-,14-;/m0./s1. The average Bonchev–Trinajstić information content (AvgIpc) is 3.05. The molecule has 2 aliphatic heterocycles. The van der Waals surface area contributed by atoms with E-state index in [2.05, 4.69) is 22.1 Å². The number of aromatic nitrogens is 1. The minimum Gasteiger partial charge on any atom is -0.423 e. The summed E-state index contributed by atoms with van der Waals surface area (Å²) in [6, 6.07) is 8.91. The van der Waals surface area contributed by atoms with Crippen LogP contribution < -0.4 is 10.2 Å². The first-order valence-electron chi connectivity index (χ1n) is 8.83. The number of para-hydroxylation sites is 2. The second kappa shape index (κ2) is 7.62. The summed E-state index contributed by atoms with van der Waals surface area (Å²) in [6.45, 7) is 6.15. The normalized spacial score (nSPS) is 24.2. The topological polar surface area (TPSA) is 61.6 Å². The van der Waals surface area contributed by atoms with Crippen molar-refractivity contribution in [2.75, 3.05) is 37.6 Å². The number of nitrogens with one attached hydrogen (secondary N) is 1. The van der Waals surface area contributed by atoms with Crippen LogP contribution in [0.25, 0.3) is 11.1 Å². The SMILES string of the molecule is C[C@H]1C[C@@H](C(=O)N2CCN(c3nc4ccccc4o3)CC2)CCN1.Cl. The Balaban J connectivity index is 0.00000182. The first-order valence-corrected chi connectivity index (χ1v) is 8.83. The maximum absolute atomic E-state index is 12.7. The van der Waals surface area contributed by atoms with Crippen LogP contribution in [0, 0.1) is 5.92 Å². The number of rotatable bonds is 2. The number of hydrogen-bond donors (Lipinski definition) is 1. The summed E-state index contributed by atoms with van der Waals surface area (Å²) in [5.41, 5.74) is 1.70. The molecule has 1 N–H and O–H groups in total. The fourth-order valence-electron chi connectivity index (χ4n) is 3.73. The highest BCUT2D eigenvalue weighted by Gasteiger charge is 2.31. The molecule has 2 aliphatic rings. The van der Waals surface area contributed by atoms with Crippen LogP contribution in [0.3, 0.4) is 0 Å². The number of hydrogen-bond acceptors (Lipinski definition) is 5. The number of fused-ring (bicyclic) bond motifs is 1. The Labute approximate surface area is 154 Å². The molecule has 6 nitrogen and oxygen atoms in total. The fraction of sp³-hybridized carbons (Fsp3) is 0.556. The van der Waals surface area contributed by atoms with Crippen molar-refractivity contribution in [3.8, 4) is 0 Å². The molecule has 2 saturated heterocycles. The highest BCUT2D eigenvalue weighted by atomic mass is 35.5. The van der Waals surface area contributed by atoms with Crippen LogP contribution in [0.4, 0.5) is 6.01 Å². The van der Waals surface area contributed by atoms with Crippen molar-refractivity contribution >= 4 is 35.4 Å². The van der Waals surface area contributed by atoms with Gasteiger partial charge in [-0.3, -0.25) is 4.79 Å². The Hall–Kier alpha value is -1.79. The summed E-state index contributed by atoms with van der Waals surface area (Å²) >= 11 is 0. The van der Waals surface area contributed by atoms with E-state index >= 15 is 0 Å². The van der Waals surface area contributed by atoms with Gasteiger partial charge in [0.2, 0.25) is 5.91 Å². The predicted octanol–water partition coefficient (Wildman–Crippen LogP) is 2.29. The van der Waals surface area contributed by atoms with Crippen molar-refractivity contribution in [1.29, 1.82) is 0 Å². The van der Waals surface area contributed by atoms with Crippen molar-refractivity contribution in [1.82, 2.24) is 15.2 Å². The van der Waals surface area contributed by atoms with Gasteiger partial charge in [-0.1, -0.05) is 12.1 Å². The van der Waals surface area contributed by atoms with Crippen LogP contribution in [0.1, 0.15) is 19.8 Å². The zero-order chi connectivity index (χ0) is 16.5. The zero-order valence-electron chi connectivity index (χ0n) is 14.5. The van der Waals surface area contributed by atoms with Gasteiger partial charge < -0.3 is 19.5 Å². The second-order valence-electron chi connectivity index (χ2n) is 6.85. The van der Waals surface area contributed by atoms with Crippen LogP contribution >= 0.6 is 12.4 Å². The van der Waals surface area contributed by atoms with E-state index in [1.54, 1.807) is 0 Å². The molecule has 0 aliphatic carbocycles. The van der Waals surface area contributed by atoms with Crippen molar-refractivity contribution in [3.05, 3.63) is 24.3 Å². The van der Waals surface area contributed by atoms with Gasteiger partial charge in [-0.25, -0.2) is 0 Å². The molecule has 2 fully saturated rings. The molecule has 0 spiro atoms. The Morgan fingerprint density at radius 2 is 2.00 bits per heavy atom. The molecule has 2 atom stereocenters. The van der Waals surface area contributed by atoms with E-state index < -0.39 is 0 Å².